The Labute approximate surface area is 118 Å². The number of hydrogen-bond donors (Lipinski definition) is 1. The molecule has 0 aliphatic carbocycles. The molecule has 1 saturated heterocycles. The molecule has 1 N–H and O–H groups in total. The smallest absolute Gasteiger partial charge is 0.320 e. The van der Waals surface area contributed by atoms with Crippen molar-refractivity contribution < 1.29 is 9.90 Å². The molecule has 4 heteroatoms. The quantitative estimate of drug-likeness (QED) is 0.931. The van der Waals surface area contributed by atoms with Gasteiger partial charge in [0.15, 0.2) is 0 Å². The Hall–Kier alpha value is -1.94. The van der Waals surface area contributed by atoms with E-state index in [0.29, 0.717) is 0 Å². The largest absolute Gasteiger partial charge is 0.480 e. The second-order valence-electron chi connectivity index (χ2n) is 5.33. The molecule has 4 nitrogen and oxygen atoms in total. The monoisotopic (exact) mass is 270 g/mol. The Morgan fingerprint density at radius 2 is 2.20 bits per heavy atom. The topological polar surface area (TPSA) is 53.4 Å². The second-order valence-corrected chi connectivity index (χ2v) is 5.33. The van der Waals surface area contributed by atoms with Crippen molar-refractivity contribution >= 4 is 16.9 Å². The van der Waals surface area contributed by atoms with E-state index in [1.807, 2.05) is 24.3 Å². The highest BCUT2D eigenvalue weighted by Gasteiger charge is 2.34. The minimum absolute atomic E-state index is 0.0894. The second kappa shape index (κ2) is 5.21. The van der Waals surface area contributed by atoms with Gasteiger partial charge in [-0.05, 0) is 44.0 Å². The number of carboxylic acid groups (broad SMARTS) is 1. The lowest BCUT2D eigenvalue weighted by molar-refractivity contribution is -0.142. The highest BCUT2D eigenvalue weighted by Crippen LogP contribution is 2.32. The van der Waals surface area contributed by atoms with Gasteiger partial charge in [0.25, 0.3) is 0 Å². The fourth-order valence-corrected chi connectivity index (χ4v) is 3.18. The van der Waals surface area contributed by atoms with Crippen LogP contribution in [0, 0.1) is 0 Å². The molecule has 104 valence electrons. The van der Waals surface area contributed by atoms with Crippen molar-refractivity contribution in [1.29, 1.82) is 0 Å². The molecule has 2 atom stereocenters. The van der Waals surface area contributed by atoms with Crippen LogP contribution in [-0.2, 0) is 4.79 Å². The Kier molecular flexibility index (Phi) is 3.40. The molecule has 20 heavy (non-hydrogen) atoms. The lowest BCUT2D eigenvalue weighted by Crippen LogP contribution is -2.37. The van der Waals surface area contributed by atoms with Gasteiger partial charge in [0.1, 0.15) is 6.04 Å². The summed E-state index contributed by atoms with van der Waals surface area (Å²) in [5.74, 6) is -0.715. The van der Waals surface area contributed by atoms with Gasteiger partial charge in [0.05, 0.1) is 5.52 Å². The van der Waals surface area contributed by atoms with Crippen LogP contribution in [0.25, 0.3) is 10.9 Å². The number of fused-ring (bicyclic) bond motifs is 1. The van der Waals surface area contributed by atoms with Gasteiger partial charge in [-0.15, -0.1) is 0 Å². The maximum atomic E-state index is 11.4. The standard InChI is InChI=1S/C16H18N2O2/c1-11(18-10-4-7-15(18)16(19)20)12-8-9-17-14-6-3-2-5-13(12)14/h2-3,5-6,8-9,11,15H,4,7,10H2,1H3,(H,19,20). The number of nitrogens with zero attached hydrogens (tertiary/aromatic N) is 2. The summed E-state index contributed by atoms with van der Waals surface area (Å²) in [5, 5.41) is 10.4. The number of para-hydroxylation sites is 1. The van der Waals surface area contributed by atoms with E-state index in [-0.39, 0.29) is 12.1 Å². The maximum absolute atomic E-state index is 11.4. The van der Waals surface area contributed by atoms with Gasteiger partial charge in [0.2, 0.25) is 0 Å². The van der Waals surface area contributed by atoms with Crippen LogP contribution in [0.15, 0.2) is 36.5 Å². The Bertz CT molecular complexity index is 636. The molecule has 0 amide bonds. The molecule has 0 radical (unpaired) electrons. The fourth-order valence-electron chi connectivity index (χ4n) is 3.18. The SMILES string of the molecule is CC(c1ccnc2ccccc12)N1CCCC1C(=O)O. The summed E-state index contributed by atoms with van der Waals surface area (Å²) in [4.78, 5) is 17.8. The third kappa shape index (κ3) is 2.16. The Balaban J connectivity index is 2.00. The van der Waals surface area contributed by atoms with E-state index in [2.05, 4.69) is 22.9 Å². The summed E-state index contributed by atoms with van der Waals surface area (Å²) in [6.07, 6.45) is 3.49. The molecule has 1 aliphatic heterocycles. The molecule has 1 aromatic carbocycles. The molecule has 2 unspecified atom stereocenters. The third-order valence-electron chi connectivity index (χ3n) is 4.21. The number of rotatable bonds is 3. The van der Waals surface area contributed by atoms with Crippen molar-refractivity contribution in [3.63, 3.8) is 0 Å². The normalized spacial score (nSPS) is 21.1. The zero-order chi connectivity index (χ0) is 14.1. The highest BCUT2D eigenvalue weighted by atomic mass is 16.4. The molecule has 0 bridgehead atoms. The molecule has 3 rings (SSSR count). The van der Waals surface area contributed by atoms with Crippen LogP contribution in [-0.4, -0.2) is 33.5 Å². The summed E-state index contributed by atoms with van der Waals surface area (Å²) < 4.78 is 0. The van der Waals surface area contributed by atoms with Crippen molar-refractivity contribution in [2.45, 2.75) is 31.8 Å². The first-order chi connectivity index (χ1) is 9.68. The van der Waals surface area contributed by atoms with Crippen LogP contribution in [0.4, 0.5) is 0 Å². The Morgan fingerprint density at radius 1 is 1.40 bits per heavy atom. The first kappa shape index (κ1) is 13.1. The van der Waals surface area contributed by atoms with E-state index in [9.17, 15) is 9.90 Å². The average Bonchev–Trinajstić information content (AvgIpc) is 2.95. The van der Waals surface area contributed by atoms with Gasteiger partial charge < -0.3 is 5.11 Å². The molecular formula is C16H18N2O2. The molecule has 0 spiro atoms. The number of likely N-dealkylation sites (tertiary alicyclic amines) is 1. The zero-order valence-corrected chi connectivity index (χ0v) is 11.5. The van der Waals surface area contributed by atoms with E-state index < -0.39 is 5.97 Å². The van der Waals surface area contributed by atoms with E-state index in [0.717, 1.165) is 35.9 Å². The number of hydrogen-bond acceptors (Lipinski definition) is 3. The summed E-state index contributed by atoms with van der Waals surface area (Å²) in [5.41, 5.74) is 2.12. The predicted octanol–water partition coefficient (Wildman–Crippen LogP) is 2.84. The first-order valence-electron chi connectivity index (χ1n) is 7.00. The first-order valence-corrected chi connectivity index (χ1v) is 7.00. The van der Waals surface area contributed by atoms with Crippen LogP contribution in [0.5, 0.6) is 0 Å². The Morgan fingerprint density at radius 3 is 3.00 bits per heavy atom. The number of carbonyl (C=O) groups is 1. The van der Waals surface area contributed by atoms with E-state index in [1.54, 1.807) is 6.20 Å². The van der Waals surface area contributed by atoms with E-state index >= 15 is 0 Å². The van der Waals surface area contributed by atoms with Gasteiger partial charge in [0, 0.05) is 17.6 Å². The molecule has 2 aromatic rings. The van der Waals surface area contributed by atoms with Gasteiger partial charge in [-0.3, -0.25) is 14.7 Å². The average molecular weight is 270 g/mol. The molecule has 1 fully saturated rings. The number of aromatic nitrogens is 1. The zero-order valence-electron chi connectivity index (χ0n) is 11.5. The third-order valence-corrected chi connectivity index (χ3v) is 4.21. The predicted molar refractivity (Wildman–Crippen MR) is 77.5 cm³/mol. The number of pyridine rings is 1. The van der Waals surface area contributed by atoms with Crippen LogP contribution >= 0.6 is 0 Å². The van der Waals surface area contributed by atoms with Gasteiger partial charge in [-0.25, -0.2) is 0 Å². The van der Waals surface area contributed by atoms with Gasteiger partial charge in [-0.1, -0.05) is 18.2 Å². The molecule has 1 aliphatic rings. The summed E-state index contributed by atoms with van der Waals surface area (Å²) in [6, 6.07) is 9.75. The minimum Gasteiger partial charge on any atom is -0.480 e. The van der Waals surface area contributed by atoms with Gasteiger partial charge in [-0.2, -0.15) is 0 Å². The maximum Gasteiger partial charge on any atom is 0.320 e. The van der Waals surface area contributed by atoms with Crippen LogP contribution < -0.4 is 0 Å². The molecule has 1 aromatic heterocycles. The van der Waals surface area contributed by atoms with Crippen LogP contribution in [0.2, 0.25) is 0 Å². The van der Waals surface area contributed by atoms with Crippen LogP contribution in [0.3, 0.4) is 0 Å². The highest BCUT2D eigenvalue weighted by molar-refractivity contribution is 5.82. The molecule has 2 heterocycles. The summed E-state index contributed by atoms with van der Waals surface area (Å²) >= 11 is 0. The van der Waals surface area contributed by atoms with E-state index in [1.165, 1.54) is 0 Å². The van der Waals surface area contributed by atoms with Crippen molar-refractivity contribution in [3.8, 4) is 0 Å². The minimum atomic E-state index is -0.715. The van der Waals surface area contributed by atoms with Crippen molar-refractivity contribution in [2.75, 3.05) is 6.54 Å². The van der Waals surface area contributed by atoms with Crippen molar-refractivity contribution in [3.05, 3.63) is 42.1 Å². The lowest BCUT2D eigenvalue weighted by Gasteiger charge is -2.29. The van der Waals surface area contributed by atoms with Crippen molar-refractivity contribution in [2.24, 2.45) is 0 Å². The number of benzene rings is 1. The summed E-state index contributed by atoms with van der Waals surface area (Å²) in [6.45, 7) is 2.93. The van der Waals surface area contributed by atoms with Gasteiger partial charge >= 0.3 is 5.97 Å². The lowest BCUT2D eigenvalue weighted by atomic mass is 10.0. The van der Waals surface area contributed by atoms with E-state index in [4.69, 9.17) is 0 Å². The fraction of sp³-hybridized carbons (Fsp3) is 0.375. The van der Waals surface area contributed by atoms with Crippen molar-refractivity contribution in [1.82, 2.24) is 9.88 Å². The summed E-state index contributed by atoms with van der Waals surface area (Å²) in [7, 11) is 0. The molecular weight excluding hydrogens is 252 g/mol. The number of aliphatic carboxylic acids is 1. The van der Waals surface area contributed by atoms with Crippen LogP contribution in [0.1, 0.15) is 31.4 Å². The number of carboxylic acids is 1. The molecule has 0 saturated carbocycles.